The third kappa shape index (κ3) is 29.9. The molecule has 0 amide bonds. The van der Waals surface area contributed by atoms with E-state index in [2.05, 4.69) is 279 Å². The molecule has 3 aliphatic rings. The predicted octanol–water partition coefficient (Wildman–Crippen LogP) is 18.0. The second-order valence-corrected chi connectivity index (χ2v) is 60.0. The molecule has 5 aromatic rings. The Bertz CT molecular complexity index is 3650. The summed E-state index contributed by atoms with van der Waals surface area (Å²) in [6, 6.07) is 48.5. The molecule has 0 bridgehead atoms. The first-order valence-corrected chi connectivity index (χ1v) is 55.1. The van der Waals surface area contributed by atoms with E-state index < -0.39 is 52.4 Å². The number of hydrogen-bond donors (Lipinski definition) is 1. The van der Waals surface area contributed by atoms with Crippen LogP contribution < -0.4 is 72.4 Å². The predicted molar refractivity (Wildman–Crippen MR) is 474 cm³/mol. The average molecular weight is 1700 g/mol. The van der Waals surface area contributed by atoms with E-state index in [0.29, 0.717) is 26.1 Å². The molecule has 0 spiro atoms. The number of aliphatic hydroxyl groups is 1. The third-order valence-corrected chi connectivity index (χ3v) is 47.0. The van der Waals surface area contributed by atoms with Crippen molar-refractivity contribution in [3.63, 3.8) is 0 Å². The number of alkyl halides is 1. The minimum absolute atomic E-state index is 0. The maximum absolute atomic E-state index is 12.3. The monoisotopic (exact) mass is 1700 g/mol. The van der Waals surface area contributed by atoms with Gasteiger partial charge < -0.3 is 51.7 Å². The molecular formula is C92H141BrKO12PSi4. The molecule has 0 aromatic heterocycles. The number of aliphatic hydroxyl groups excluding tert-OH is 1. The summed E-state index contributed by atoms with van der Waals surface area (Å²) in [6.07, 6.45) is 22.7. The molecule has 1 aliphatic heterocycles. The minimum Gasteiger partial charge on any atom is -0.550 e. The first kappa shape index (κ1) is 98.8. The zero-order chi connectivity index (χ0) is 81.5. The van der Waals surface area contributed by atoms with Crippen molar-refractivity contribution in [2.24, 2.45) is 23.7 Å². The van der Waals surface area contributed by atoms with Crippen molar-refractivity contribution < 1.29 is 108 Å². The van der Waals surface area contributed by atoms with E-state index in [-0.39, 0.29) is 144 Å². The van der Waals surface area contributed by atoms with E-state index in [1.165, 1.54) is 45.1 Å². The second kappa shape index (κ2) is 44.9. The van der Waals surface area contributed by atoms with Gasteiger partial charge in [0.05, 0.1) is 43.7 Å². The normalized spacial score (nSPS) is 21.3. The molecule has 1 saturated heterocycles. The number of fused-ring (bicyclic) bond motifs is 1. The molecule has 3 fully saturated rings. The molecule has 19 heteroatoms. The number of unbranched alkanes of at least 4 members (excludes halogenated alkanes) is 1. The average Bonchev–Trinajstić information content (AvgIpc) is 0.901. The molecule has 12 nitrogen and oxygen atoms in total. The van der Waals surface area contributed by atoms with Gasteiger partial charge in [-0.05, 0) is 188 Å². The Morgan fingerprint density at radius 1 is 0.559 bits per heavy atom. The van der Waals surface area contributed by atoms with Gasteiger partial charge in [-0.25, -0.2) is 0 Å². The number of rotatable bonds is 34. The number of halogens is 1. The second-order valence-electron chi connectivity index (χ2n) is 36.8. The number of ether oxygens (including phenoxy) is 4. The van der Waals surface area contributed by atoms with Crippen LogP contribution in [0, 0.1) is 23.7 Å². The fourth-order valence-corrected chi connectivity index (χ4v) is 23.7. The topological polar surface area (TPSA) is 151 Å². The van der Waals surface area contributed by atoms with Gasteiger partial charge in [0.25, 0.3) is 0 Å². The van der Waals surface area contributed by atoms with Crippen LogP contribution in [0.4, 0.5) is 0 Å². The number of carbonyl (C=O) groups excluding carboxylic acids is 2. The van der Waals surface area contributed by atoms with Crippen molar-refractivity contribution in [3.05, 3.63) is 198 Å². The summed E-state index contributed by atoms with van der Waals surface area (Å²) in [5, 5.41) is 26.4. The summed E-state index contributed by atoms with van der Waals surface area (Å²) in [5.74, 6) is 1.75. The van der Waals surface area contributed by atoms with Gasteiger partial charge in [0.1, 0.15) is 6.10 Å². The van der Waals surface area contributed by atoms with Crippen molar-refractivity contribution in [3.8, 4) is 0 Å². The van der Waals surface area contributed by atoms with Crippen molar-refractivity contribution >= 4 is 89.7 Å². The largest absolute Gasteiger partial charge is 1.00 e. The fraction of sp³-hybridized carbons (Fsp3) is 0.576. The number of aliphatic carboxylic acids is 1. The molecule has 4 unspecified atom stereocenters. The van der Waals surface area contributed by atoms with Gasteiger partial charge in [-0.2, -0.15) is 0 Å². The standard InChI is InChI=1S/C38H65BrO5Si2.C32H56O5Si2.C22H21O2P.K/c1-29(40)42-35-27-36(44-46(11,12)38(5,6)7)34(33(35)20-15-13-14-16-25-39)24-23-32(43-45(9,10)37(2,3)4)22-21-30-18-17-19-31(26-30)28-41-8;1-31(2,3)38(8,9)36-25(16-15-23-13-12-14-24(19-23)22-34-7)17-18-26-27-20-30(33)35-28(27)21-29(26)37-39(10,11)32(4,5)6;23-22(24)17-10-18-25(19-11-4-1-5-12-19,20-13-6-2-7-14-20)21-15-8-3-9-16-21;/h13,15,17-19,23-24,26,32-36H,14,16,20-22,25,27-28H2,1-12H3;12-14,17-19,25-30,33H,15-16,20-22H2,1-11H3;1-9,11-16,18H,10,17H2,(H,23,24);/q;;;+1/p-1/b15-13-,24-23+;18-17+;;/t32-,33+,34?,35-,36+;25?,26-,27-,28?,29-,30?;;/m01../s1. The van der Waals surface area contributed by atoms with Crippen LogP contribution in [-0.2, 0) is 72.3 Å². The Hall–Kier alpha value is -2.78. The number of allylic oxidation sites excluding steroid dienone is 2. The van der Waals surface area contributed by atoms with E-state index in [9.17, 15) is 19.8 Å². The number of carbonyl (C=O) groups is 2. The van der Waals surface area contributed by atoms with Crippen LogP contribution in [-0.4, -0.2) is 119 Å². The summed E-state index contributed by atoms with van der Waals surface area (Å²) in [7, 11) is -4.59. The number of esters is 1. The number of methoxy groups -OCH3 is 2. The number of benzene rings is 5. The van der Waals surface area contributed by atoms with E-state index in [0.717, 1.165) is 63.1 Å². The molecule has 1 heterocycles. The SMILES string of the molecule is COCc1cccc(CCC(/C=C/[C@H]2[C@H](O[Si](C)(C)C(C)(C)C)CC3OC(O)C[C@@H]32)O[Si](C)(C)C(C)(C)C)c1.COCc1cccc(CC[C@@H](/C=C/C2[C@@H](C/C=C\CCCBr)[C@@H](OC(C)=O)C[C@H]2O[Si](C)(C)C(C)(C)C)O[Si](C)(C)C(C)(C)C)c1.O=C([O-])CCC=P(c1ccccc1)(c1ccccc1)c1ccccc1.[K+]. The molecular weight excluding hydrogens is 1560 g/mol. The maximum Gasteiger partial charge on any atom is 1.00 e. The van der Waals surface area contributed by atoms with E-state index in [1.807, 2.05) is 54.6 Å². The number of carboxylic acid groups (broad SMARTS) is 1. The molecule has 5 aromatic carbocycles. The van der Waals surface area contributed by atoms with Crippen LogP contribution in [0.5, 0.6) is 0 Å². The van der Waals surface area contributed by atoms with Crippen molar-refractivity contribution in [2.75, 3.05) is 19.5 Å². The Balaban J connectivity index is 0.000000308. The fourth-order valence-electron chi connectivity index (χ4n) is 14.1. The molecule has 0 radical (unpaired) electrons. The van der Waals surface area contributed by atoms with Crippen LogP contribution in [0.15, 0.2) is 176 Å². The molecule has 610 valence electrons. The van der Waals surface area contributed by atoms with Crippen LogP contribution in [0.1, 0.15) is 176 Å². The first-order chi connectivity index (χ1) is 51.5. The Morgan fingerprint density at radius 3 is 1.37 bits per heavy atom. The third-order valence-electron chi connectivity index (χ3n) is 24.3. The van der Waals surface area contributed by atoms with Gasteiger partial charge in [0.15, 0.2) is 39.6 Å². The van der Waals surface area contributed by atoms with Crippen LogP contribution >= 0.6 is 22.8 Å². The quantitative estimate of drug-likeness (QED) is 0.0104. The van der Waals surface area contributed by atoms with E-state index in [4.69, 9.17) is 36.7 Å². The van der Waals surface area contributed by atoms with Gasteiger partial charge in [-0.15, -0.1) is 0 Å². The zero-order valence-electron chi connectivity index (χ0n) is 72.5. The summed E-state index contributed by atoms with van der Waals surface area (Å²) in [6.45, 7) is 47.0. The van der Waals surface area contributed by atoms with Crippen molar-refractivity contribution in [2.45, 2.75) is 296 Å². The molecule has 2 saturated carbocycles. The Morgan fingerprint density at radius 2 is 0.973 bits per heavy atom. The number of carboxylic acids is 1. The Kier molecular flexibility index (Phi) is 39.9. The first-order valence-electron chi connectivity index (χ1n) is 40.5. The summed E-state index contributed by atoms with van der Waals surface area (Å²) < 4.78 is 50.9. The molecule has 1 N–H and O–H groups in total. The van der Waals surface area contributed by atoms with Gasteiger partial charge in [-0.1, -0.05) is 281 Å². The van der Waals surface area contributed by atoms with Crippen molar-refractivity contribution in [1.29, 1.82) is 0 Å². The van der Waals surface area contributed by atoms with Gasteiger partial charge in [0, 0.05) is 63.0 Å². The van der Waals surface area contributed by atoms with Gasteiger partial charge >= 0.3 is 57.4 Å². The van der Waals surface area contributed by atoms with Crippen LogP contribution in [0.25, 0.3) is 0 Å². The Labute approximate surface area is 727 Å². The smallest absolute Gasteiger partial charge is 0.550 e. The molecule has 8 rings (SSSR count). The summed E-state index contributed by atoms with van der Waals surface area (Å²) in [5.41, 5.74) is 5.01. The van der Waals surface area contributed by atoms with E-state index in [1.54, 1.807) is 14.2 Å². The van der Waals surface area contributed by atoms with Crippen molar-refractivity contribution in [1.82, 2.24) is 0 Å². The van der Waals surface area contributed by atoms with Gasteiger partial charge in [0.2, 0.25) is 0 Å². The van der Waals surface area contributed by atoms with E-state index >= 15 is 0 Å². The number of hydrogen-bond acceptors (Lipinski definition) is 12. The van der Waals surface area contributed by atoms with Gasteiger partial charge in [-0.3, -0.25) is 4.79 Å². The van der Waals surface area contributed by atoms with Crippen LogP contribution in [0.3, 0.4) is 0 Å². The summed E-state index contributed by atoms with van der Waals surface area (Å²) >= 11 is 3.54. The zero-order valence-corrected chi connectivity index (χ0v) is 82.1. The molecule has 2 aliphatic carbocycles. The summed E-state index contributed by atoms with van der Waals surface area (Å²) in [4.78, 5) is 23.3. The number of aryl methyl sites for hydroxylation is 2. The minimum atomic E-state index is -2.08. The van der Waals surface area contributed by atoms with Crippen LogP contribution in [0.2, 0.25) is 72.5 Å². The maximum atomic E-state index is 12.3. The molecule has 11 atom stereocenters. The molecule has 111 heavy (non-hydrogen) atoms.